The van der Waals surface area contributed by atoms with Crippen molar-refractivity contribution in [3.05, 3.63) is 17.9 Å². The Kier molecular flexibility index (Phi) is 4.42. The van der Waals surface area contributed by atoms with E-state index in [4.69, 9.17) is 5.73 Å². The van der Waals surface area contributed by atoms with Crippen molar-refractivity contribution in [2.24, 2.45) is 0 Å². The molecule has 0 radical (unpaired) electrons. The molecule has 1 aliphatic heterocycles. The molecule has 2 rings (SSSR count). The number of nitrogens with two attached hydrogens (primary N) is 1. The van der Waals surface area contributed by atoms with Crippen molar-refractivity contribution in [2.75, 3.05) is 43.9 Å². The minimum atomic E-state index is -0.658. The summed E-state index contributed by atoms with van der Waals surface area (Å²) in [6.45, 7) is 3.59. The predicted octanol–water partition coefficient (Wildman–Crippen LogP) is 1.29. The fraction of sp³-hybridized carbons (Fsp3) is 0.455. The van der Waals surface area contributed by atoms with Crippen LogP contribution in [0.1, 0.15) is 0 Å². The lowest BCUT2D eigenvalue weighted by Gasteiger charge is -2.34. The molecule has 0 atom stereocenters. The van der Waals surface area contributed by atoms with Crippen LogP contribution in [0.4, 0.5) is 15.8 Å². The second kappa shape index (κ2) is 5.42. The second-order valence-corrected chi connectivity index (χ2v) is 4.16. The predicted molar refractivity (Wildman–Crippen MR) is 69.4 cm³/mol. The molecule has 0 aromatic heterocycles. The van der Waals surface area contributed by atoms with Gasteiger partial charge in [0.2, 0.25) is 0 Å². The number of rotatable bonds is 1. The Morgan fingerprint density at radius 3 is 2.35 bits per heavy atom. The van der Waals surface area contributed by atoms with Crippen LogP contribution >= 0.6 is 12.4 Å². The van der Waals surface area contributed by atoms with Crippen LogP contribution in [-0.4, -0.2) is 43.2 Å². The summed E-state index contributed by atoms with van der Waals surface area (Å²) in [5.74, 6) is -1.12. The maximum Gasteiger partial charge on any atom is 0.174 e. The lowest BCUT2D eigenvalue weighted by Crippen LogP contribution is -2.44. The summed E-state index contributed by atoms with van der Waals surface area (Å²) in [5, 5.41) is 9.24. The van der Waals surface area contributed by atoms with Crippen LogP contribution in [0.25, 0.3) is 0 Å². The molecule has 0 bridgehead atoms. The monoisotopic (exact) mass is 261 g/mol. The van der Waals surface area contributed by atoms with Crippen molar-refractivity contribution in [3.8, 4) is 5.75 Å². The third kappa shape index (κ3) is 2.92. The van der Waals surface area contributed by atoms with E-state index in [1.807, 2.05) is 0 Å². The van der Waals surface area contributed by atoms with Gasteiger partial charge in [-0.2, -0.15) is 0 Å². The molecule has 0 saturated carbocycles. The molecular formula is C11H17ClFN3O. The van der Waals surface area contributed by atoms with Crippen molar-refractivity contribution in [1.29, 1.82) is 0 Å². The third-order valence-corrected chi connectivity index (χ3v) is 2.95. The van der Waals surface area contributed by atoms with Crippen LogP contribution in [0.15, 0.2) is 12.1 Å². The van der Waals surface area contributed by atoms with Crippen LogP contribution in [0.5, 0.6) is 5.75 Å². The molecule has 1 fully saturated rings. The number of benzene rings is 1. The SMILES string of the molecule is CN1CCN(c2cc(N)c(O)c(F)c2)CC1.Cl. The van der Waals surface area contributed by atoms with Gasteiger partial charge in [0.15, 0.2) is 11.6 Å². The summed E-state index contributed by atoms with van der Waals surface area (Å²) in [4.78, 5) is 4.29. The van der Waals surface area contributed by atoms with Gasteiger partial charge in [0.25, 0.3) is 0 Å². The number of likely N-dealkylation sites (N-methyl/N-ethyl adjacent to an activating group) is 1. The highest BCUT2D eigenvalue weighted by molar-refractivity contribution is 5.85. The molecule has 1 aromatic carbocycles. The van der Waals surface area contributed by atoms with Crippen LogP contribution < -0.4 is 10.6 Å². The first-order valence-electron chi connectivity index (χ1n) is 5.29. The van der Waals surface area contributed by atoms with Gasteiger partial charge in [0.1, 0.15) is 0 Å². The molecule has 0 unspecified atom stereocenters. The largest absolute Gasteiger partial charge is 0.503 e. The van der Waals surface area contributed by atoms with E-state index in [1.54, 1.807) is 6.07 Å². The standard InChI is InChI=1S/C11H16FN3O.ClH/c1-14-2-4-15(5-3-14)8-6-9(12)11(16)10(13)7-8;/h6-7,16H,2-5,13H2,1H3;1H. The fourth-order valence-electron chi connectivity index (χ4n) is 1.85. The van der Waals surface area contributed by atoms with Crippen molar-refractivity contribution in [3.63, 3.8) is 0 Å². The minimum Gasteiger partial charge on any atom is -0.503 e. The molecule has 3 N–H and O–H groups in total. The molecule has 6 heteroatoms. The van der Waals surface area contributed by atoms with Gasteiger partial charge < -0.3 is 20.6 Å². The lowest BCUT2D eigenvalue weighted by atomic mass is 10.2. The zero-order valence-corrected chi connectivity index (χ0v) is 10.5. The van der Waals surface area contributed by atoms with Crippen molar-refractivity contribution in [1.82, 2.24) is 4.90 Å². The smallest absolute Gasteiger partial charge is 0.174 e. The Bertz CT molecular complexity index is 371. The van der Waals surface area contributed by atoms with Crippen molar-refractivity contribution >= 4 is 23.8 Å². The molecule has 0 amide bonds. The first kappa shape index (κ1) is 13.9. The van der Waals surface area contributed by atoms with Gasteiger partial charge in [0.05, 0.1) is 5.69 Å². The fourth-order valence-corrected chi connectivity index (χ4v) is 1.85. The third-order valence-electron chi connectivity index (χ3n) is 2.95. The average molecular weight is 262 g/mol. The molecule has 1 aromatic rings. The highest BCUT2D eigenvalue weighted by Gasteiger charge is 2.16. The number of anilines is 2. The van der Waals surface area contributed by atoms with Crippen LogP contribution in [0.2, 0.25) is 0 Å². The van der Waals surface area contributed by atoms with Crippen molar-refractivity contribution < 1.29 is 9.50 Å². The minimum absolute atomic E-state index is 0. The molecule has 0 aliphatic carbocycles. The molecular weight excluding hydrogens is 245 g/mol. The van der Waals surface area contributed by atoms with E-state index >= 15 is 0 Å². The van der Waals surface area contributed by atoms with Gasteiger partial charge in [-0.1, -0.05) is 0 Å². The summed E-state index contributed by atoms with van der Waals surface area (Å²) >= 11 is 0. The summed E-state index contributed by atoms with van der Waals surface area (Å²) in [5.41, 5.74) is 6.36. The number of hydrogen-bond acceptors (Lipinski definition) is 4. The summed E-state index contributed by atoms with van der Waals surface area (Å²) in [6.07, 6.45) is 0. The first-order valence-corrected chi connectivity index (χ1v) is 5.29. The quantitative estimate of drug-likeness (QED) is 0.591. The Morgan fingerprint density at radius 2 is 1.82 bits per heavy atom. The normalized spacial score (nSPS) is 16.7. The van der Waals surface area contributed by atoms with Crippen LogP contribution in [-0.2, 0) is 0 Å². The molecule has 0 spiro atoms. The maximum absolute atomic E-state index is 13.3. The first-order chi connectivity index (χ1) is 7.58. The Morgan fingerprint density at radius 1 is 1.24 bits per heavy atom. The molecule has 1 aliphatic rings. The number of halogens is 2. The number of phenolic OH excluding ortho intramolecular Hbond substituents is 1. The van der Waals surface area contributed by atoms with E-state index in [1.165, 1.54) is 6.07 Å². The van der Waals surface area contributed by atoms with E-state index < -0.39 is 11.6 Å². The van der Waals surface area contributed by atoms with E-state index in [-0.39, 0.29) is 18.1 Å². The van der Waals surface area contributed by atoms with E-state index in [0.717, 1.165) is 31.9 Å². The zero-order chi connectivity index (χ0) is 11.7. The van der Waals surface area contributed by atoms with E-state index in [2.05, 4.69) is 16.8 Å². The van der Waals surface area contributed by atoms with Crippen molar-refractivity contribution in [2.45, 2.75) is 0 Å². The summed E-state index contributed by atoms with van der Waals surface area (Å²) < 4.78 is 13.3. The molecule has 4 nitrogen and oxygen atoms in total. The molecule has 1 heterocycles. The van der Waals surface area contributed by atoms with Crippen LogP contribution in [0, 0.1) is 5.82 Å². The molecule has 17 heavy (non-hydrogen) atoms. The number of nitrogens with zero attached hydrogens (tertiary/aromatic N) is 2. The Hall–Kier alpha value is -1.20. The summed E-state index contributed by atoms with van der Waals surface area (Å²) in [7, 11) is 2.06. The highest BCUT2D eigenvalue weighted by atomic mass is 35.5. The van der Waals surface area contributed by atoms with E-state index in [0.29, 0.717) is 0 Å². The average Bonchev–Trinajstić information content (AvgIpc) is 2.26. The van der Waals surface area contributed by atoms with Gasteiger partial charge >= 0.3 is 0 Å². The van der Waals surface area contributed by atoms with E-state index in [9.17, 15) is 9.50 Å². The Labute approximate surface area is 106 Å². The zero-order valence-electron chi connectivity index (χ0n) is 9.69. The van der Waals surface area contributed by atoms with Gasteiger partial charge in [0, 0.05) is 37.9 Å². The number of aromatic hydroxyl groups is 1. The maximum atomic E-state index is 13.3. The number of nitrogen functional groups attached to an aromatic ring is 1. The van der Waals surface area contributed by atoms with Gasteiger partial charge in [-0.25, -0.2) is 4.39 Å². The second-order valence-electron chi connectivity index (χ2n) is 4.16. The molecule has 96 valence electrons. The van der Waals surface area contributed by atoms with Gasteiger partial charge in [-0.05, 0) is 13.1 Å². The summed E-state index contributed by atoms with van der Waals surface area (Å²) in [6, 6.07) is 2.95. The number of piperazine rings is 1. The molecule has 1 saturated heterocycles. The number of phenols is 1. The Balaban J connectivity index is 0.00000144. The van der Waals surface area contributed by atoms with Gasteiger partial charge in [-0.15, -0.1) is 12.4 Å². The number of hydrogen-bond donors (Lipinski definition) is 2. The highest BCUT2D eigenvalue weighted by Crippen LogP contribution is 2.30. The topological polar surface area (TPSA) is 52.7 Å². The van der Waals surface area contributed by atoms with Gasteiger partial charge in [-0.3, -0.25) is 0 Å². The van der Waals surface area contributed by atoms with Crippen LogP contribution in [0.3, 0.4) is 0 Å². The lowest BCUT2D eigenvalue weighted by molar-refractivity contribution is 0.312.